The molecule has 0 saturated carbocycles. The van der Waals surface area contributed by atoms with E-state index >= 15 is 0 Å². The quantitative estimate of drug-likeness (QED) is 0.811. The Morgan fingerprint density at radius 3 is 2.69 bits per heavy atom. The Balaban J connectivity index is 2.98. The highest BCUT2D eigenvalue weighted by atomic mass is 32.2. The van der Waals surface area contributed by atoms with Crippen LogP contribution >= 0.6 is 0 Å². The van der Waals surface area contributed by atoms with Crippen LogP contribution < -0.4 is 10.0 Å². The molecule has 90 valence electrons. The molecule has 0 fully saturated rings. The van der Waals surface area contributed by atoms with E-state index in [1.54, 1.807) is 19.3 Å². The van der Waals surface area contributed by atoms with Crippen LogP contribution in [0.4, 0.5) is 5.82 Å². The predicted molar refractivity (Wildman–Crippen MR) is 63.8 cm³/mol. The number of aromatic nitrogens is 1. The summed E-state index contributed by atoms with van der Waals surface area (Å²) in [6, 6.07) is 3.13. The molecule has 0 atom stereocenters. The minimum atomic E-state index is -3.47. The van der Waals surface area contributed by atoms with Crippen molar-refractivity contribution in [2.24, 2.45) is 5.92 Å². The van der Waals surface area contributed by atoms with Crippen LogP contribution in [-0.4, -0.2) is 27.0 Å². The van der Waals surface area contributed by atoms with E-state index in [2.05, 4.69) is 15.0 Å². The molecule has 0 saturated heterocycles. The molecule has 0 aliphatic carbocycles. The summed E-state index contributed by atoms with van der Waals surface area (Å²) in [4.78, 5) is 4.14. The fourth-order valence-electron chi connectivity index (χ4n) is 1.15. The van der Waals surface area contributed by atoms with Gasteiger partial charge >= 0.3 is 0 Å². The first-order chi connectivity index (χ1) is 7.47. The van der Waals surface area contributed by atoms with Crippen LogP contribution in [0.1, 0.15) is 13.8 Å². The SMILES string of the molecule is CNc1ncccc1S(=O)(=O)NCC(C)C. The minimum Gasteiger partial charge on any atom is -0.372 e. The van der Waals surface area contributed by atoms with E-state index in [-0.39, 0.29) is 10.8 Å². The molecule has 0 bridgehead atoms. The maximum atomic E-state index is 11.9. The molecule has 0 radical (unpaired) electrons. The number of hydrogen-bond donors (Lipinski definition) is 2. The van der Waals surface area contributed by atoms with Crippen LogP contribution in [0.3, 0.4) is 0 Å². The standard InChI is InChI=1S/C10H17N3O2S/c1-8(2)7-13-16(14,15)9-5-4-6-12-10(9)11-3/h4-6,8,13H,7H2,1-3H3,(H,11,12). The second-order valence-electron chi connectivity index (χ2n) is 3.85. The summed E-state index contributed by atoms with van der Waals surface area (Å²) in [7, 11) is -1.83. The Kier molecular flexibility index (Phi) is 4.26. The van der Waals surface area contributed by atoms with Crippen molar-refractivity contribution < 1.29 is 8.42 Å². The topological polar surface area (TPSA) is 71.1 Å². The maximum Gasteiger partial charge on any atom is 0.244 e. The summed E-state index contributed by atoms with van der Waals surface area (Å²) >= 11 is 0. The summed E-state index contributed by atoms with van der Waals surface area (Å²) in [5.74, 6) is 0.628. The highest BCUT2D eigenvalue weighted by Crippen LogP contribution is 2.16. The zero-order chi connectivity index (χ0) is 12.2. The van der Waals surface area contributed by atoms with Gasteiger partial charge in [0.25, 0.3) is 0 Å². The van der Waals surface area contributed by atoms with Gasteiger partial charge < -0.3 is 5.32 Å². The highest BCUT2D eigenvalue weighted by molar-refractivity contribution is 7.89. The van der Waals surface area contributed by atoms with Crippen LogP contribution in [0.2, 0.25) is 0 Å². The smallest absolute Gasteiger partial charge is 0.244 e. The third-order valence-corrected chi connectivity index (χ3v) is 3.43. The normalized spacial score (nSPS) is 11.8. The number of sulfonamides is 1. The van der Waals surface area contributed by atoms with Crippen LogP contribution in [-0.2, 0) is 10.0 Å². The molecular formula is C10H17N3O2S. The van der Waals surface area contributed by atoms with Crippen molar-refractivity contribution in [3.63, 3.8) is 0 Å². The number of anilines is 1. The Hall–Kier alpha value is -1.14. The minimum absolute atomic E-state index is 0.179. The van der Waals surface area contributed by atoms with Gasteiger partial charge in [0.2, 0.25) is 10.0 Å². The molecule has 5 nitrogen and oxygen atoms in total. The van der Waals surface area contributed by atoms with Crippen LogP contribution in [0.15, 0.2) is 23.2 Å². The summed E-state index contributed by atoms with van der Waals surface area (Å²) in [5, 5.41) is 2.76. The van der Waals surface area contributed by atoms with Crippen molar-refractivity contribution in [1.82, 2.24) is 9.71 Å². The van der Waals surface area contributed by atoms with Crippen LogP contribution in [0.5, 0.6) is 0 Å². The van der Waals surface area contributed by atoms with Crippen LogP contribution in [0.25, 0.3) is 0 Å². The van der Waals surface area contributed by atoms with Gasteiger partial charge in [-0.05, 0) is 18.1 Å². The Labute approximate surface area is 96.3 Å². The number of hydrogen-bond acceptors (Lipinski definition) is 4. The van der Waals surface area contributed by atoms with Crippen molar-refractivity contribution in [1.29, 1.82) is 0 Å². The molecule has 0 amide bonds. The Morgan fingerprint density at radius 2 is 2.12 bits per heavy atom. The molecule has 1 rings (SSSR count). The highest BCUT2D eigenvalue weighted by Gasteiger charge is 2.18. The fourth-order valence-corrected chi connectivity index (χ4v) is 2.52. The van der Waals surface area contributed by atoms with Gasteiger partial charge in [0.05, 0.1) is 0 Å². The van der Waals surface area contributed by atoms with Crippen molar-refractivity contribution in [3.05, 3.63) is 18.3 Å². The maximum absolute atomic E-state index is 11.9. The molecule has 1 aromatic heterocycles. The Bertz CT molecular complexity index is 443. The lowest BCUT2D eigenvalue weighted by Gasteiger charge is -2.11. The van der Waals surface area contributed by atoms with Crippen molar-refractivity contribution >= 4 is 15.8 Å². The molecule has 0 aromatic carbocycles. The van der Waals surface area contributed by atoms with E-state index in [1.807, 2.05) is 13.8 Å². The van der Waals surface area contributed by atoms with E-state index in [4.69, 9.17) is 0 Å². The first-order valence-electron chi connectivity index (χ1n) is 5.10. The van der Waals surface area contributed by atoms with Crippen molar-refractivity contribution in [2.45, 2.75) is 18.7 Å². The monoisotopic (exact) mass is 243 g/mol. The zero-order valence-electron chi connectivity index (χ0n) is 9.69. The largest absolute Gasteiger partial charge is 0.372 e. The summed E-state index contributed by atoms with van der Waals surface area (Å²) in [6.07, 6.45) is 1.55. The molecule has 1 aromatic rings. The van der Waals surface area contributed by atoms with Gasteiger partial charge in [0, 0.05) is 19.8 Å². The second kappa shape index (κ2) is 5.27. The van der Waals surface area contributed by atoms with Gasteiger partial charge in [-0.2, -0.15) is 0 Å². The third kappa shape index (κ3) is 3.18. The van der Waals surface area contributed by atoms with E-state index < -0.39 is 10.0 Å². The van der Waals surface area contributed by atoms with Gasteiger partial charge in [0.1, 0.15) is 10.7 Å². The summed E-state index contributed by atoms with van der Waals surface area (Å²) in [6.45, 7) is 4.32. The first-order valence-corrected chi connectivity index (χ1v) is 6.58. The lowest BCUT2D eigenvalue weighted by molar-refractivity contribution is 0.560. The van der Waals surface area contributed by atoms with Gasteiger partial charge in [-0.25, -0.2) is 18.1 Å². The molecule has 0 aliphatic heterocycles. The van der Waals surface area contributed by atoms with E-state index in [0.29, 0.717) is 12.4 Å². The van der Waals surface area contributed by atoms with Crippen molar-refractivity contribution in [2.75, 3.05) is 18.9 Å². The second-order valence-corrected chi connectivity index (χ2v) is 5.58. The molecule has 6 heteroatoms. The van der Waals surface area contributed by atoms with E-state index in [9.17, 15) is 8.42 Å². The summed E-state index contributed by atoms with van der Waals surface area (Å²) in [5.41, 5.74) is 0. The number of rotatable bonds is 5. The molecule has 0 unspecified atom stereocenters. The molecular weight excluding hydrogens is 226 g/mol. The predicted octanol–water partition coefficient (Wildman–Crippen LogP) is 1.06. The van der Waals surface area contributed by atoms with Crippen molar-refractivity contribution in [3.8, 4) is 0 Å². The number of nitrogens with one attached hydrogen (secondary N) is 2. The number of pyridine rings is 1. The van der Waals surface area contributed by atoms with Gasteiger partial charge in [-0.1, -0.05) is 13.8 Å². The molecule has 2 N–H and O–H groups in total. The van der Waals surface area contributed by atoms with Crippen LogP contribution in [0, 0.1) is 5.92 Å². The lowest BCUT2D eigenvalue weighted by Crippen LogP contribution is -2.28. The average molecular weight is 243 g/mol. The lowest BCUT2D eigenvalue weighted by atomic mass is 10.2. The molecule has 1 heterocycles. The number of nitrogens with zero attached hydrogens (tertiary/aromatic N) is 1. The molecule has 0 spiro atoms. The Morgan fingerprint density at radius 1 is 1.44 bits per heavy atom. The fraction of sp³-hybridized carbons (Fsp3) is 0.500. The van der Waals surface area contributed by atoms with E-state index in [1.165, 1.54) is 6.07 Å². The first kappa shape index (κ1) is 12.9. The molecule has 16 heavy (non-hydrogen) atoms. The average Bonchev–Trinajstić information content (AvgIpc) is 2.26. The van der Waals surface area contributed by atoms with Gasteiger partial charge in [-0.3, -0.25) is 0 Å². The van der Waals surface area contributed by atoms with Gasteiger partial charge in [-0.15, -0.1) is 0 Å². The van der Waals surface area contributed by atoms with E-state index in [0.717, 1.165) is 0 Å². The van der Waals surface area contributed by atoms with Gasteiger partial charge in [0.15, 0.2) is 0 Å². The zero-order valence-corrected chi connectivity index (χ0v) is 10.5. The molecule has 0 aliphatic rings. The summed E-state index contributed by atoms with van der Waals surface area (Å²) < 4.78 is 26.4. The third-order valence-electron chi connectivity index (χ3n) is 1.98.